The van der Waals surface area contributed by atoms with E-state index in [0.717, 1.165) is 0 Å². The van der Waals surface area contributed by atoms with E-state index in [4.69, 9.17) is 0 Å². The minimum Gasteiger partial charge on any atom is -0.300 e. The molecular weight excluding hydrogens is 200 g/mol. The van der Waals surface area contributed by atoms with Crippen LogP contribution in [0.15, 0.2) is 0 Å². The maximum absolute atomic E-state index is 10.2. The molecule has 52 valence electrons. The Bertz CT molecular complexity index is 95.6. The van der Waals surface area contributed by atoms with Gasteiger partial charge in [-0.15, -0.1) is 0 Å². The smallest absolute Gasteiger partial charge is 0.130 e. The van der Waals surface area contributed by atoms with E-state index in [0.29, 0.717) is 12.8 Å². The van der Waals surface area contributed by atoms with Crippen LogP contribution in [-0.2, 0) is 30.7 Å². The van der Waals surface area contributed by atoms with Crippen LogP contribution in [0.1, 0.15) is 26.7 Å². The van der Waals surface area contributed by atoms with E-state index >= 15 is 0 Å². The van der Waals surface area contributed by atoms with Gasteiger partial charge < -0.3 is 9.59 Å². The molecule has 2 nitrogen and oxygen atoms in total. The molecule has 0 atom stereocenters. The molecule has 9 heavy (non-hydrogen) atoms. The van der Waals surface area contributed by atoms with E-state index in [2.05, 4.69) is 0 Å². The molecule has 0 heterocycles. The first-order valence-electron chi connectivity index (χ1n) is 2.62. The second kappa shape index (κ2) is 6.15. The van der Waals surface area contributed by atoms with E-state index < -0.39 is 0 Å². The molecule has 0 bridgehead atoms. The normalized spacial score (nSPS) is 7.78. The number of carbonyl (C=O) groups is 2. The van der Waals surface area contributed by atoms with Crippen LogP contribution in [-0.4, -0.2) is 11.6 Å². The molecule has 0 aliphatic heterocycles. The summed E-state index contributed by atoms with van der Waals surface area (Å²) in [4.78, 5) is 20.4. The Kier molecular flexibility index (Phi) is 8.05. The van der Waals surface area contributed by atoms with Crippen molar-refractivity contribution in [2.45, 2.75) is 26.7 Å². The summed E-state index contributed by atoms with van der Waals surface area (Å²) >= 11 is 0. The standard InChI is InChI=1S/C6H10O2.Mo/c1-5(7)3-4-6(2)8;/h3-4H2,1-2H3;. The molecule has 0 spiro atoms. The third-order valence-corrected chi connectivity index (χ3v) is 0.829. The number of ketones is 2. The summed E-state index contributed by atoms with van der Waals surface area (Å²) in [6, 6.07) is 0. The van der Waals surface area contributed by atoms with Crippen LogP contribution >= 0.6 is 0 Å². The molecule has 0 aromatic rings. The Morgan fingerprint density at radius 1 is 1.00 bits per heavy atom. The average Bonchev–Trinajstić information content (AvgIpc) is 1.61. The SMILES string of the molecule is CC(=O)CCC(C)=O.[Mo]. The van der Waals surface area contributed by atoms with E-state index in [1.54, 1.807) is 0 Å². The molecule has 3 heteroatoms. The van der Waals surface area contributed by atoms with Crippen molar-refractivity contribution in [3.05, 3.63) is 0 Å². The van der Waals surface area contributed by atoms with Crippen molar-refractivity contribution in [2.75, 3.05) is 0 Å². The van der Waals surface area contributed by atoms with Crippen LogP contribution in [0.3, 0.4) is 0 Å². The fourth-order valence-corrected chi connectivity index (χ4v) is 0.352. The van der Waals surface area contributed by atoms with Crippen LogP contribution in [0.25, 0.3) is 0 Å². The molecule has 0 unspecified atom stereocenters. The Balaban J connectivity index is 0. The summed E-state index contributed by atoms with van der Waals surface area (Å²) in [5.41, 5.74) is 0. The summed E-state index contributed by atoms with van der Waals surface area (Å²) in [7, 11) is 0. The van der Waals surface area contributed by atoms with E-state index in [-0.39, 0.29) is 32.6 Å². The average molecular weight is 210 g/mol. The Labute approximate surface area is 69.3 Å². The minimum atomic E-state index is 0. The first-order chi connectivity index (χ1) is 3.63. The minimum absolute atomic E-state index is 0. The van der Waals surface area contributed by atoms with Gasteiger partial charge in [-0.3, -0.25) is 0 Å². The van der Waals surface area contributed by atoms with E-state index in [9.17, 15) is 9.59 Å². The van der Waals surface area contributed by atoms with Gasteiger partial charge in [-0.2, -0.15) is 0 Å². The summed E-state index contributed by atoms with van der Waals surface area (Å²) in [6.07, 6.45) is 0.796. The van der Waals surface area contributed by atoms with Gasteiger partial charge in [0.15, 0.2) is 0 Å². The second-order valence-electron chi connectivity index (χ2n) is 1.90. The van der Waals surface area contributed by atoms with Crippen molar-refractivity contribution in [1.82, 2.24) is 0 Å². The molecule has 0 saturated heterocycles. The van der Waals surface area contributed by atoms with E-state index in [1.165, 1.54) is 13.8 Å². The topological polar surface area (TPSA) is 34.1 Å². The first-order valence-corrected chi connectivity index (χ1v) is 2.62. The maximum atomic E-state index is 10.2. The summed E-state index contributed by atoms with van der Waals surface area (Å²) in [6.45, 7) is 2.98. The predicted molar refractivity (Wildman–Crippen MR) is 30.6 cm³/mol. The third kappa shape index (κ3) is 11.5. The molecule has 0 aromatic heterocycles. The predicted octanol–water partition coefficient (Wildman–Crippen LogP) is 0.942. The fourth-order valence-electron chi connectivity index (χ4n) is 0.352. The van der Waals surface area contributed by atoms with Gasteiger partial charge in [0, 0.05) is 33.9 Å². The van der Waals surface area contributed by atoms with Gasteiger partial charge in [0.2, 0.25) is 0 Å². The zero-order chi connectivity index (χ0) is 6.57. The molecule has 0 aromatic carbocycles. The van der Waals surface area contributed by atoms with Crippen molar-refractivity contribution in [1.29, 1.82) is 0 Å². The Morgan fingerprint density at radius 2 is 1.22 bits per heavy atom. The Morgan fingerprint density at radius 3 is 1.33 bits per heavy atom. The molecule has 0 aliphatic rings. The molecule has 0 N–H and O–H groups in total. The monoisotopic (exact) mass is 212 g/mol. The van der Waals surface area contributed by atoms with Crippen molar-refractivity contribution in [3.63, 3.8) is 0 Å². The van der Waals surface area contributed by atoms with Crippen molar-refractivity contribution >= 4 is 11.6 Å². The molecular formula is C6H10MoO2. The molecule has 0 amide bonds. The molecule has 0 radical (unpaired) electrons. The largest absolute Gasteiger partial charge is 0.300 e. The zero-order valence-electron chi connectivity index (χ0n) is 5.64. The van der Waals surface area contributed by atoms with Crippen molar-refractivity contribution in [3.8, 4) is 0 Å². The number of carbonyl (C=O) groups excluding carboxylic acids is 2. The number of rotatable bonds is 3. The van der Waals surface area contributed by atoms with Crippen LogP contribution in [0.4, 0.5) is 0 Å². The first kappa shape index (κ1) is 11.8. The molecule has 0 saturated carbocycles. The van der Waals surface area contributed by atoms with Crippen molar-refractivity contribution < 1.29 is 30.7 Å². The number of hydrogen-bond donors (Lipinski definition) is 0. The van der Waals surface area contributed by atoms with Gasteiger partial charge in [-0.25, -0.2) is 0 Å². The maximum Gasteiger partial charge on any atom is 0.130 e. The fraction of sp³-hybridized carbons (Fsp3) is 0.667. The molecule has 0 rings (SSSR count). The summed E-state index contributed by atoms with van der Waals surface area (Å²) < 4.78 is 0. The van der Waals surface area contributed by atoms with Gasteiger partial charge in [-0.05, 0) is 13.8 Å². The number of hydrogen-bond acceptors (Lipinski definition) is 2. The Hall–Kier alpha value is 0.0283. The summed E-state index contributed by atoms with van der Waals surface area (Å²) in [5.74, 6) is 0.167. The summed E-state index contributed by atoms with van der Waals surface area (Å²) in [5, 5.41) is 0. The van der Waals surface area contributed by atoms with Gasteiger partial charge in [0.25, 0.3) is 0 Å². The van der Waals surface area contributed by atoms with Crippen LogP contribution in [0.2, 0.25) is 0 Å². The third-order valence-electron chi connectivity index (χ3n) is 0.829. The van der Waals surface area contributed by atoms with Crippen LogP contribution in [0, 0.1) is 0 Å². The molecule has 0 aliphatic carbocycles. The van der Waals surface area contributed by atoms with Crippen molar-refractivity contribution in [2.24, 2.45) is 0 Å². The number of Topliss-reactive ketones (excluding diaryl/α,β-unsaturated/α-hetero) is 2. The second-order valence-corrected chi connectivity index (χ2v) is 1.90. The van der Waals surface area contributed by atoms with Gasteiger partial charge in [-0.1, -0.05) is 0 Å². The van der Waals surface area contributed by atoms with Crippen LogP contribution in [0.5, 0.6) is 0 Å². The zero-order valence-corrected chi connectivity index (χ0v) is 7.65. The molecule has 0 fully saturated rings. The van der Waals surface area contributed by atoms with Gasteiger partial charge in [0.1, 0.15) is 11.6 Å². The quantitative estimate of drug-likeness (QED) is 0.649. The van der Waals surface area contributed by atoms with Gasteiger partial charge >= 0.3 is 0 Å². The van der Waals surface area contributed by atoms with E-state index in [1.807, 2.05) is 0 Å². The van der Waals surface area contributed by atoms with Crippen LogP contribution < -0.4 is 0 Å². The van der Waals surface area contributed by atoms with Gasteiger partial charge in [0.05, 0.1) is 0 Å².